The van der Waals surface area contributed by atoms with Crippen LogP contribution in [0.5, 0.6) is 0 Å². The van der Waals surface area contributed by atoms with Gasteiger partial charge in [0.15, 0.2) is 0 Å². The molecule has 72 valence electrons. The first-order valence-electron chi connectivity index (χ1n) is 4.63. The Balaban J connectivity index is 2.83. The Morgan fingerprint density at radius 2 is 1.93 bits per heavy atom. The molecule has 0 aliphatic carbocycles. The Bertz CT molecular complexity index is 355. The van der Waals surface area contributed by atoms with Gasteiger partial charge in [-0.2, -0.15) is 0 Å². The van der Waals surface area contributed by atoms with Crippen molar-refractivity contribution in [1.29, 1.82) is 0 Å². The first kappa shape index (κ1) is 10.5. The zero-order valence-electron chi connectivity index (χ0n) is 8.70. The largest absolute Gasteiger partial charge is 0.261 e. The molecule has 0 amide bonds. The Morgan fingerprint density at radius 1 is 1.29 bits per heavy atom. The van der Waals surface area contributed by atoms with Crippen LogP contribution in [0.4, 0.5) is 0 Å². The predicted molar refractivity (Wildman–Crippen MR) is 62.7 cm³/mol. The lowest BCUT2D eigenvalue weighted by Crippen LogP contribution is -1.92. The fourth-order valence-electron chi connectivity index (χ4n) is 1.08. The molecule has 14 heavy (non-hydrogen) atoms. The number of benzene rings is 1. The van der Waals surface area contributed by atoms with E-state index in [0.717, 1.165) is 11.3 Å². The van der Waals surface area contributed by atoms with E-state index < -0.39 is 0 Å². The van der Waals surface area contributed by atoms with E-state index in [2.05, 4.69) is 42.8 Å². The molecule has 0 fully saturated rings. The topological polar surface area (TPSA) is 12.4 Å². The summed E-state index contributed by atoms with van der Waals surface area (Å²) in [6, 6.07) is 8.34. The molecule has 0 unspecified atom stereocenters. The molecule has 0 N–H and O–H groups in total. The maximum atomic E-state index is 4.28. The summed E-state index contributed by atoms with van der Waals surface area (Å²) in [6.07, 6.45) is 5.28. The smallest absolute Gasteiger partial charge is 0.0444 e. The molecular weight excluding hydrogens is 170 g/mol. The minimum atomic E-state index is 1.02. The maximum absolute atomic E-state index is 4.28. The highest BCUT2D eigenvalue weighted by atomic mass is 14.7. The number of aliphatic imine (C=N–C) groups is 1. The highest BCUT2D eigenvalue weighted by molar-refractivity contribution is 5.99. The summed E-state index contributed by atoms with van der Waals surface area (Å²) < 4.78 is 0. The van der Waals surface area contributed by atoms with Gasteiger partial charge in [0, 0.05) is 11.9 Å². The lowest BCUT2D eigenvalue weighted by Gasteiger charge is -1.99. The van der Waals surface area contributed by atoms with Gasteiger partial charge in [0.1, 0.15) is 0 Å². The van der Waals surface area contributed by atoms with Crippen LogP contribution in [0.15, 0.2) is 54.2 Å². The molecule has 0 aromatic heterocycles. The second-order valence-electron chi connectivity index (χ2n) is 3.16. The van der Waals surface area contributed by atoms with Gasteiger partial charge in [0.25, 0.3) is 0 Å². The molecule has 1 heteroatoms. The zero-order chi connectivity index (χ0) is 10.4. The van der Waals surface area contributed by atoms with Gasteiger partial charge in [-0.1, -0.05) is 42.5 Å². The van der Waals surface area contributed by atoms with Crippen molar-refractivity contribution in [3.8, 4) is 0 Å². The van der Waals surface area contributed by atoms with Crippen LogP contribution in [-0.4, -0.2) is 5.71 Å². The molecule has 1 aromatic rings. The third-order valence-electron chi connectivity index (χ3n) is 1.96. The van der Waals surface area contributed by atoms with E-state index in [1.165, 1.54) is 5.56 Å². The van der Waals surface area contributed by atoms with Crippen molar-refractivity contribution in [3.05, 3.63) is 60.3 Å². The normalized spacial score (nSPS) is 12.0. The number of nitrogens with zero attached hydrogens (tertiary/aromatic N) is 1. The van der Waals surface area contributed by atoms with Gasteiger partial charge in [0.2, 0.25) is 0 Å². The van der Waals surface area contributed by atoms with Crippen LogP contribution >= 0.6 is 0 Å². The summed E-state index contributed by atoms with van der Waals surface area (Å²) in [5, 5.41) is 0. The van der Waals surface area contributed by atoms with Crippen molar-refractivity contribution in [1.82, 2.24) is 0 Å². The number of aryl methyl sites for hydroxylation is 1. The third kappa shape index (κ3) is 3.02. The number of rotatable bonds is 3. The third-order valence-corrected chi connectivity index (χ3v) is 1.96. The van der Waals surface area contributed by atoms with Crippen LogP contribution < -0.4 is 0 Å². The Hall–Kier alpha value is -1.63. The number of hydrogen-bond acceptors (Lipinski definition) is 1. The van der Waals surface area contributed by atoms with E-state index in [4.69, 9.17) is 0 Å². The molecule has 1 nitrogen and oxygen atoms in total. The molecule has 0 aliphatic heterocycles. The molecule has 1 rings (SSSR count). The van der Waals surface area contributed by atoms with Crippen molar-refractivity contribution < 1.29 is 0 Å². The van der Waals surface area contributed by atoms with E-state index >= 15 is 0 Å². The summed E-state index contributed by atoms with van der Waals surface area (Å²) in [6.45, 7) is 7.66. The lowest BCUT2D eigenvalue weighted by atomic mass is 10.1. The monoisotopic (exact) mass is 185 g/mol. The van der Waals surface area contributed by atoms with Gasteiger partial charge in [0.05, 0.1) is 0 Å². The van der Waals surface area contributed by atoms with Crippen molar-refractivity contribution in [2.45, 2.75) is 13.8 Å². The summed E-state index contributed by atoms with van der Waals surface area (Å²) in [7, 11) is 0. The van der Waals surface area contributed by atoms with E-state index in [1.807, 2.05) is 13.0 Å². The molecule has 0 atom stereocenters. The van der Waals surface area contributed by atoms with Crippen molar-refractivity contribution in [3.63, 3.8) is 0 Å². The minimum Gasteiger partial charge on any atom is -0.261 e. The predicted octanol–water partition coefficient (Wildman–Crippen LogP) is 3.50. The molecule has 0 radical (unpaired) electrons. The minimum absolute atomic E-state index is 1.02. The van der Waals surface area contributed by atoms with Crippen molar-refractivity contribution in [2.24, 2.45) is 4.99 Å². The molecule has 0 saturated heterocycles. The van der Waals surface area contributed by atoms with Crippen LogP contribution in [0.2, 0.25) is 0 Å². The van der Waals surface area contributed by atoms with Gasteiger partial charge in [-0.15, -0.1) is 0 Å². The van der Waals surface area contributed by atoms with Crippen molar-refractivity contribution in [2.75, 3.05) is 0 Å². The SMILES string of the molecule is C=C/C=C\N=C(/C)c1ccc(C)cc1. The zero-order valence-corrected chi connectivity index (χ0v) is 8.70. The van der Waals surface area contributed by atoms with Crippen LogP contribution in [0.25, 0.3) is 0 Å². The molecule has 1 aromatic carbocycles. The molecule has 0 aliphatic rings. The first-order valence-corrected chi connectivity index (χ1v) is 4.63. The average molecular weight is 185 g/mol. The van der Waals surface area contributed by atoms with E-state index in [9.17, 15) is 0 Å². The van der Waals surface area contributed by atoms with E-state index in [1.54, 1.807) is 12.3 Å². The molecular formula is C13H15N. The summed E-state index contributed by atoms with van der Waals surface area (Å²) in [5.41, 5.74) is 3.44. The van der Waals surface area contributed by atoms with Gasteiger partial charge in [-0.3, -0.25) is 4.99 Å². The number of allylic oxidation sites excluding steroid dienone is 2. The second-order valence-corrected chi connectivity index (χ2v) is 3.16. The molecule has 0 saturated carbocycles. The van der Waals surface area contributed by atoms with Gasteiger partial charge >= 0.3 is 0 Å². The van der Waals surface area contributed by atoms with Crippen molar-refractivity contribution >= 4 is 5.71 Å². The van der Waals surface area contributed by atoms with Gasteiger partial charge in [-0.05, 0) is 25.5 Å². The Kier molecular flexibility index (Phi) is 3.86. The summed E-state index contributed by atoms with van der Waals surface area (Å²) >= 11 is 0. The number of hydrogen-bond donors (Lipinski definition) is 0. The average Bonchev–Trinajstić information content (AvgIpc) is 2.19. The quantitative estimate of drug-likeness (QED) is 0.505. The molecule has 0 bridgehead atoms. The lowest BCUT2D eigenvalue weighted by molar-refractivity contribution is 1.44. The maximum Gasteiger partial charge on any atom is 0.0444 e. The standard InChI is InChI=1S/C13H15N/c1-4-5-10-14-12(3)13-8-6-11(2)7-9-13/h4-10H,1H2,2-3H3/b10-5-,14-12+. The summed E-state index contributed by atoms with van der Waals surface area (Å²) in [5.74, 6) is 0. The van der Waals surface area contributed by atoms with E-state index in [-0.39, 0.29) is 0 Å². The van der Waals surface area contributed by atoms with Gasteiger partial charge in [-0.25, -0.2) is 0 Å². The second kappa shape index (κ2) is 5.18. The van der Waals surface area contributed by atoms with Gasteiger partial charge < -0.3 is 0 Å². The summed E-state index contributed by atoms with van der Waals surface area (Å²) in [4.78, 5) is 4.28. The Morgan fingerprint density at radius 3 is 2.50 bits per heavy atom. The van der Waals surface area contributed by atoms with Crippen LogP contribution in [0.3, 0.4) is 0 Å². The highest BCUT2D eigenvalue weighted by Crippen LogP contribution is 2.04. The fraction of sp³-hybridized carbons (Fsp3) is 0.154. The van der Waals surface area contributed by atoms with E-state index in [0.29, 0.717) is 0 Å². The highest BCUT2D eigenvalue weighted by Gasteiger charge is 1.94. The molecule has 0 spiro atoms. The Labute approximate surface area is 85.5 Å². The van der Waals surface area contributed by atoms with Crippen LogP contribution in [-0.2, 0) is 0 Å². The van der Waals surface area contributed by atoms with Crippen LogP contribution in [0, 0.1) is 6.92 Å². The molecule has 0 heterocycles. The first-order chi connectivity index (χ1) is 6.74. The fourth-order valence-corrected chi connectivity index (χ4v) is 1.08. The van der Waals surface area contributed by atoms with Crippen LogP contribution in [0.1, 0.15) is 18.1 Å².